The maximum atomic E-state index is 12.6. The van der Waals surface area contributed by atoms with Crippen LogP contribution in [0.25, 0.3) is 0 Å². The van der Waals surface area contributed by atoms with Crippen molar-refractivity contribution in [1.82, 2.24) is 5.43 Å². The Morgan fingerprint density at radius 3 is 2.55 bits per heavy atom. The number of ether oxygens (including phenoxy) is 2. The Kier molecular flexibility index (Phi) is 5.79. The molecule has 0 saturated heterocycles. The summed E-state index contributed by atoms with van der Waals surface area (Å²) in [5, 5.41) is 4.35. The van der Waals surface area contributed by atoms with Crippen LogP contribution in [0.15, 0.2) is 76.7 Å². The van der Waals surface area contributed by atoms with Gasteiger partial charge in [-0.3, -0.25) is 9.52 Å². The molecule has 0 atom stereocenters. The summed E-state index contributed by atoms with van der Waals surface area (Å²) in [5.41, 5.74) is 3.32. The van der Waals surface area contributed by atoms with Crippen molar-refractivity contribution in [3.05, 3.63) is 82.9 Å². The molecule has 0 aliphatic carbocycles. The summed E-state index contributed by atoms with van der Waals surface area (Å²) in [6.07, 6.45) is 1.44. The lowest BCUT2D eigenvalue weighted by Gasteiger charge is -2.11. The average molecular weight is 458 g/mol. The van der Waals surface area contributed by atoms with Crippen LogP contribution in [0.2, 0.25) is 5.02 Å². The number of rotatable bonds is 6. The molecular formula is C21H16ClN3O5S. The quantitative estimate of drug-likeness (QED) is 0.434. The van der Waals surface area contributed by atoms with Gasteiger partial charge < -0.3 is 9.47 Å². The van der Waals surface area contributed by atoms with Gasteiger partial charge in [-0.15, -0.1) is 0 Å². The van der Waals surface area contributed by atoms with Crippen molar-refractivity contribution in [2.24, 2.45) is 5.10 Å². The predicted molar refractivity (Wildman–Crippen MR) is 116 cm³/mol. The molecule has 0 radical (unpaired) electrons. The van der Waals surface area contributed by atoms with Crippen molar-refractivity contribution >= 4 is 39.4 Å². The topological polar surface area (TPSA) is 106 Å². The monoisotopic (exact) mass is 457 g/mol. The van der Waals surface area contributed by atoms with Crippen LogP contribution in [0.4, 0.5) is 5.69 Å². The number of hydrogen-bond donors (Lipinski definition) is 2. The highest BCUT2D eigenvalue weighted by atomic mass is 35.5. The number of hydrogen-bond acceptors (Lipinski definition) is 6. The van der Waals surface area contributed by atoms with Gasteiger partial charge in [-0.25, -0.2) is 13.8 Å². The normalized spacial score (nSPS) is 12.7. The second-order valence-electron chi connectivity index (χ2n) is 6.42. The van der Waals surface area contributed by atoms with E-state index in [0.717, 1.165) is 0 Å². The maximum Gasteiger partial charge on any atom is 0.273 e. The molecular weight excluding hydrogens is 442 g/mol. The zero-order valence-electron chi connectivity index (χ0n) is 15.9. The van der Waals surface area contributed by atoms with Gasteiger partial charge in [0.2, 0.25) is 6.79 Å². The Balaban J connectivity index is 1.48. The summed E-state index contributed by atoms with van der Waals surface area (Å²) in [5.74, 6) is 0.659. The minimum absolute atomic E-state index is 0.0212. The number of halogens is 1. The first-order valence-electron chi connectivity index (χ1n) is 9.03. The summed E-state index contributed by atoms with van der Waals surface area (Å²) in [4.78, 5) is 12.6. The standard InChI is InChI=1S/C21H16ClN3O5S/c22-15-6-8-16(9-7-15)31(27,28)25-18-4-2-1-3-17(18)21(26)24-23-12-14-5-10-19-20(11-14)30-13-29-19/h1-12,25H,13H2,(H,24,26). The summed E-state index contributed by atoms with van der Waals surface area (Å²) >= 11 is 5.81. The highest BCUT2D eigenvalue weighted by molar-refractivity contribution is 7.92. The molecule has 31 heavy (non-hydrogen) atoms. The number of nitrogens with one attached hydrogen (secondary N) is 2. The first-order valence-corrected chi connectivity index (χ1v) is 10.9. The van der Waals surface area contributed by atoms with E-state index in [1.165, 1.54) is 42.6 Å². The molecule has 0 unspecified atom stereocenters. The molecule has 3 aromatic rings. The van der Waals surface area contributed by atoms with E-state index in [1.807, 2.05) is 0 Å². The number of amides is 1. The Morgan fingerprint density at radius 2 is 1.74 bits per heavy atom. The lowest BCUT2D eigenvalue weighted by molar-refractivity contribution is 0.0956. The minimum Gasteiger partial charge on any atom is -0.454 e. The van der Waals surface area contributed by atoms with Gasteiger partial charge in [0.15, 0.2) is 11.5 Å². The molecule has 1 heterocycles. The Bertz CT molecular complexity index is 1260. The van der Waals surface area contributed by atoms with E-state index in [2.05, 4.69) is 15.2 Å². The van der Waals surface area contributed by atoms with Crippen LogP contribution in [0.3, 0.4) is 0 Å². The van der Waals surface area contributed by atoms with Gasteiger partial charge in [0.05, 0.1) is 22.4 Å². The van der Waals surface area contributed by atoms with Crippen LogP contribution in [0.1, 0.15) is 15.9 Å². The van der Waals surface area contributed by atoms with Crippen LogP contribution in [-0.2, 0) is 10.0 Å². The lowest BCUT2D eigenvalue weighted by atomic mass is 10.2. The van der Waals surface area contributed by atoms with Gasteiger partial charge in [-0.05, 0) is 60.2 Å². The molecule has 2 N–H and O–H groups in total. The first-order chi connectivity index (χ1) is 14.9. The zero-order valence-corrected chi connectivity index (χ0v) is 17.5. The molecule has 0 fully saturated rings. The Morgan fingerprint density at radius 1 is 1.00 bits per heavy atom. The molecule has 0 bridgehead atoms. The van der Waals surface area contributed by atoms with Crippen LogP contribution in [0.5, 0.6) is 11.5 Å². The summed E-state index contributed by atoms with van der Waals surface area (Å²) < 4.78 is 38.3. The minimum atomic E-state index is -3.91. The van der Waals surface area contributed by atoms with Crippen LogP contribution < -0.4 is 19.6 Å². The fraction of sp³-hybridized carbons (Fsp3) is 0.0476. The van der Waals surface area contributed by atoms with Gasteiger partial charge in [0.1, 0.15) is 0 Å². The SMILES string of the molecule is O=C(NN=Cc1ccc2c(c1)OCO2)c1ccccc1NS(=O)(=O)c1ccc(Cl)cc1. The first kappa shape index (κ1) is 20.7. The average Bonchev–Trinajstić information content (AvgIpc) is 3.22. The molecule has 0 spiro atoms. The third-order valence-corrected chi connectivity index (χ3v) is 5.95. The molecule has 0 aromatic heterocycles. The maximum absolute atomic E-state index is 12.6. The third-order valence-electron chi connectivity index (χ3n) is 4.32. The summed E-state index contributed by atoms with van der Waals surface area (Å²) in [6, 6.07) is 17.2. The largest absolute Gasteiger partial charge is 0.454 e. The second kappa shape index (κ2) is 8.66. The molecule has 10 heteroatoms. The van der Waals surface area contributed by atoms with Crippen LogP contribution in [-0.4, -0.2) is 27.3 Å². The van der Waals surface area contributed by atoms with Crippen molar-refractivity contribution in [2.75, 3.05) is 11.5 Å². The molecule has 1 aliphatic heterocycles. The van der Waals surface area contributed by atoms with E-state index in [-0.39, 0.29) is 22.9 Å². The van der Waals surface area contributed by atoms with Gasteiger partial charge in [-0.1, -0.05) is 23.7 Å². The fourth-order valence-electron chi connectivity index (χ4n) is 2.81. The number of benzene rings is 3. The van der Waals surface area contributed by atoms with Crippen molar-refractivity contribution in [3.8, 4) is 11.5 Å². The van der Waals surface area contributed by atoms with Gasteiger partial charge >= 0.3 is 0 Å². The van der Waals surface area contributed by atoms with Crippen LogP contribution in [0, 0.1) is 0 Å². The van der Waals surface area contributed by atoms with E-state index in [0.29, 0.717) is 22.1 Å². The van der Waals surface area contributed by atoms with E-state index < -0.39 is 15.9 Å². The number of carbonyl (C=O) groups is 1. The third kappa shape index (κ3) is 4.79. The Labute approximate surface area is 183 Å². The number of fused-ring (bicyclic) bond motifs is 1. The van der Waals surface area contributed by atoms with E-state index in [1.54, 1.807) is 30.3 Å². The van der Waals surface area contributed by atoms with E-state index >= 15 is 0 Å². The van der Waals surface area contributed by atoms with Crippen molar-refractivity contribution in [3.63, 3.8) is 0 Å². The molecule has 158 valence electrons. The van der Waals surface area contributed by atoms with Gasteiger partial charge in [-0.2, -0.15) is 5.10 Å². The second-order valence-corrected chi connectivity index (χ2v) is 8.54. The van der Waals surface area contributed by atoms with Gasteiger partial charge in [0.25, 0.3) is 15.9 Å². The molecule has 1 aliphatic rings. The number of anilines is 1. The smallest absolute Gasteiger partial charge is 0.273 e. The van der Waals surface area contributed by atoms with Crippen molar-refractivity contribution < 1.29 is 22.7 Å². The number of hydrazone groups is 1. The van der Waals surface area contributed by atoms with Gasteiger partial charge in [0, 0.05) is 5.02 Å². The van der Waals surface area contributed by atoms with E-state index in [9.17, 15) is 13.2 Å². The van der Waals surface area contributed by atoms with Crippen LogP contribution >= 0.6 is 11.6 Å². The number of nitrogens with zero attached hydrogens (tertiary/aromatic N) is 1. The van der Waals surface area contributed by atoms with E-state index in [4.69, 9.17) is 21.1 Å². The molecule has 8 nitrogen and oxygen atoms in total. The Hall–Kier alpha value is -3.56. The summed E-state index contributed by atoms with van der Waals surface area (Å²) in [6.45, 7) is 0.162. The highest BCUT2D eigenvalue weighted by Gasteiger charge is 2.18. The fourth-order valence-corrected chi connectivity index (χ4v) is 4.01. The number of sulfonamides is 1. The molecule has 3 aromatic carbocycles. The zero-order chi connectivity index (χ0) is 21.8. The number of para-hydroxylation sites is 1. The molecule has 0 saturated carbocycles. The molecule has 4 rings (SSSR count). The predicted octanol–water partition coefficient (Wildman–Crippen LogP) is 3.63. The lowest BCUT2D eigenvalue weighted by Crippen LogP contribution is -2.21. The van der Waals surface area contributed by atoms with Crippen molar-refractivity contribution in [1.29, 1.82) is 0 Å². The molecule has 1 amide bonds. The number of carbonyl (C=O) groups excluding carboxylic acids is 1. The van der Waals surface area contributed by atoms with Crippen molar-refractivity contribution in [2.45, 2.75) is 4.90 Å². The highest BCUT2D eigenvalue weighted by Crippen LogP contribution is 2.32. The summed E-state index contributed by atoms with van der Waals surface area (Å²) in [7, 11) is -3.91.